The molecule has 2 heteroatoms. The van der Waals surface area contributed by atoms with Gasteiger partial charge in [0.25, 0.3) is 0 Å². The third-order valence-corrected chi connectivity index (χ3v) is 7.32. The molecule has 0 aliphatic carbocycles. The highest BCUT2D eigenvalue weighted by Crippen LogP contribution is 2.20. The molecule has 1 atom stereocenters. The van der Waals surface area contributed by atoms with E-state index >= 15 is 0 Å². The van der Waals surface area contributed by atoms with Gasteiger partial charge in [-0.3, -0.25) is 4.79 Å². The summed E-state index contributed by atoms with van der Waals surface area (Å²) in [6.07, 6.45) is 38.0. The fraction of sp³-hybridized carbons (Fsp3) is 0.906. The number of hydrogen-bond donors (Lipinski definition) is 1. The molecule has 1 N–H and O–H groups in total. The Morgan fingerprint density at radius 2 is 0.794 bits per heavy atom. The molecule has 2 nitrogen and oxygen atoms in total. The van der Waals surface area contributed by atoms with Crippen molar-refractivity contribution in [3.8, 4) is 0 Å². The van der Waals surface area contributed by atoms with Crippen LogP contribution in [0, 0.1) is 5.92 Å². The summed E-state index contributed by atoms with van der Waals surface area (Å²) >= 11 is 0. The number of hydrogen-bond acceptors (Lipinski definition) is 1. The number of unbranched alkanes of at least 4 members (excludes halogenated alkanes) is 21. The first kappa shape index (κ1) is 33.2. The third-order valence-electron chi connectivity index (χ3n) is 7.32. The van der Waals surface area contributed by atoms with Crippen molar-refractivity contribution in [2.45, 2.75) is 181 Å². The van der Waals surface area contributed by atoms with Crippen LogP contribution in [0.4, 0.5) is 0 Å². The van der Waals surface area contributed by atoms with Gasteiger partial charge >= 0.3 is 5.97 Å². The van der Waals surface area contributed by atoms with Crippen LogP contribution in [0.5, 0.6) is 0 Å². The van der Waals surface area contributed by atoms with Gasteiger partial charge in [-0.2, -0.15) is 0 Å². The first-order chi connectivity index (χ1) is 16.7. The van der Waals surface area contributed by atoms with Gasteiger partial charge in [-0.05, 0) is 38.5 Å². The largest absolute Gasteiger partial charge is 0.481 e. The molecule has 0 rings (SSSR count). The maximum Gasteiger partial charge on any atom is 0.306 e. The van der Waals surface area contributed by atoms with Crippen LogP contribution >= 0.6 is 0 Å². The van der Waals surface area contributed by atoms with Crippen LogP contribution in [0.25, 0.3) is 0 Å². The molecular formula is C32H62O2. The molecule has 0 bridgehead atoms. The highest BCUT2D eigenvalue weighted by Gasteiger charge is 2.16. The number of carboxylic acid groups (broad SMARTS) is 1. The number of aliphatic carboxylic acids is 1. The van der Waals surface area contributed by atoms with Crippen LogP contribution in [0.15, 0.2) is 12.2 Å². The predicted octanol–water partition coefficient (Wildman–Crippen LogP) is 11.4. The van der Waals surface area contributed by atoms with E-state index in [9.17, 15) is 9.90 Å². The predicted molar refractivity (Wildman–Crippen MR) is 152 cm³/mol. The lowest BCUT2D eigenvalue weighted by atomic mass is 9.94. The minimum absolute atomic E-state index is 0.111. The Bertz CT molecular complexity index is 429. The summed E-state index contributed by atoms with van der Waals surface area (Å²) in [5, 5.41) is 9.55. The van der Waals surface area contributed by atoms with Crippen molar-refractivity contribution < 1.29 is 9.90 Å². The van der Waals surface area contributed by atoms with Gasteiger partial charge in [0.15, 0.2) is 0 Å². The van der Waals surface area contributed by atoms with Gasteiger partial charge in [0.05, 0.1) is 5.92 Å². The van der Waals surface area contributed by atoms with Gasteiger partial charge < -0.3 is 5.11 Å². The molecule has 34 heavy (non-hydrogen) atoms. The van der Waals surface area contributed by atoms with E-state index in [2.05, 4.69) is 26.0 Å². The Kier molecular flexibility index (Phi) is 27.8. The normalized spacial score (nSPS) is 12.5. The molecule has 0 aromatic rings. The number of allylic oxidation sites excluding steroid dienone is 2. The average Bonchev–Trinajstić information content (AvgIpc) is 2.83. The van der Waals surface area contributed by atoms with Gasteiger partial charge in [0.1, 0.15) is 0 Å². The van der Waals surface area contributed by atoms with Crippen LogP contribution in [-0.4, -0.2) is 11.1 Å². The van der Waals surface area contributed by atoms with Crippen molar-refractivity contribution in [2.24, 2.45) is 5.92 Å². The van der Waals surface area contributed by atoms with Crippen molar-refractivity contribution in [3.63, 3.8) is 0 Å². The van der Waals surface area contributed by atoms with E-state index in [0.717, 1.165) is 25.7 Å². The summed E-state index contributed by atoms with van der Waals surface area (Å²) in [5.41, 5.74) is 0. The Balaban J connectivity index is 3.47. The van der Waals surface area contributed by atoms with E-state index in [0.29, 0.717) is 0 Å². The van der Waals surface area contributed by atoms with Crippen LogP contribution < -0.4 is 0 Å². The number of carbonyl (C=O) groups is 1. The van der Waals surface area contributed by atoms with Crippen LogP contribution in [0.1, 0.15) is 181 Å². The molecule has 202 valence electrons. The standard InChI is InChI=1S/C32H62O2/c1-3-5-7-9-11-13-15-17-18-20-22-24-26-28-30-31(32(33)34)29-27-25-23-21-19-16-14-12-10-8-6-4-2/h17-18,31H,3-16,19-30H2,1-2H3,(H,33,34)/b18-17-. The summed E-state index contributed by atoms with van der Waals surface area (Å²) in [7, 11) is 0. The maximum atomic E-state index is 11.6. The molecule has 0 aromatic heterocycles. The quantitative estimate of drug-likeness (QED) is 0.0896. The fourth-order valence-electron chi connectivity index (χ4n) is 4.91. The monoisotopic (exact) mass is 478 g/mol. The van der Waals surface area contributed by atoms with Crippen molar-refractivity contribution in [1.82, 2.24) is 0 Å². The summed E-state index contributed by atoms with van der Waals surface area (Å²) in [6, 6.07) is 0. The highest BCUT2D eigenvalue weighted by atomic mass is 16.4. The maximum absolute atomic E-state index is 11.6. The fourth-order valence-corrected chi connectivity index (χ4v) is 4.91. The molecule has 0 heterocycles. The lowest BCUT2D eigenvalue weighted by Crippen LogP contribution is -2.13. The van der Waals surface area contributed by atoms with Crippen molar-refractivity contribution in [3.05, 3.63) is 12.2 Å². The molecule has 0 spiro atoms. The Morgan fingerprint density at radius 1 is 0.500 bits per heavy atom. The zero-order chi connectivity index (χ0) is 25.0. The lowest BCUT2D eigenvalue weighted by Gasteiger charge is -2.12. The third kappa shape index (κ3) is 25.8. The summed E-state index contributed by atoms with van der Waals surface area (Å²) in [5.74, 6) is -0.680. The molecule has 0 aliphatic heterocycles. The van der Waals surface area contributed by atoms with Crippen molar-refractivity contribution >= 4 is 5.97 Å². The molecule has 0 saturated carbocycles. The molecule has 0 fully saturated rings. The van der Waals surface area contributed by atoms with Crippen molar-refractivity contribution in [1.29, 1.82) is 0 Å². The first-order valence-electron chi connectivity index (χ1n) is 15.6. The second-order valence-corrected chi connectivity index (χ2v) is 10.7. The van der Waals surface area contributed by atoms with Crippen LogP contribution in [0.2, 0.25) is 0 Å². The molecular weight excluding hydrogens is 416 g/mol. The van der Waals surface area contributed by atoms with Gasteiger partial charge in [0.2, 0.25) is 0 Å². The van der Waals surface area contributed by atoms with E-state index in [1.54, 1.807) is 0 Å². The molecule has 0 aliphatic rings. The van der Waals surface area contributed by atoms with Gasteiger partial charge in [-0.1, -0.05) is 154 Å². The summed E-state index contributed by atoms with van der Waals surface area (Å²) < 4.78 is 0. The Labute approximate surface area is 214 Å². The van der Waals surface area contributed by atoms with E-state index in [-0.39, 0.29) is 5.92 Å². The van der Waals surface area contributed by atoms with E-state index < -0.39 is 5.97 Å². The molecule has 1 unspecified atom stereocenters. The molecule has 0 saturated heterocycles. The van der Waals surface area contributed by atoms with E-state index in [1.165, 1.54) is 141 Å². The van der Waals surface area contributed by atoms with Gasteiger partial charge in [0, 0.05) is 0 Å². The molecule has 0 amide bonds. The lowest BCUT2D eigenvalue weighted by molar-refractivity contribution is -0.142. The SMILES string of the molecule is CCCCCCCC/C=C\CCCCCCC(CCCCCCCCCCCCCC)C(=O)O. The molecule has 0 aromatic carbocycles. The van der Waals surface area contributed by atoms with E-state index in [4.69, 9.17) is 0 Å². The zero-order valence-corrected chi connectivity index (χ0v) is 23.5. The van der Waals surface area contributed by atoms with Crippen LogP contribution in [0.3, 0.4) is 0 Å². The van der Waals surface area contributed by atoms with Gasteiger partial charge in [-0.25, -0.2) is 0 Å². The topological polar surface area (TPSA) is 37.3 Å². The number of rotatable bonds is 28. The Morgan fingerprint density at radius 3 is 1.12 bits per heavy atom. The second kappa shape index (κ2) is 28.4. The summed E-state index contributed by atoms with van der Waals surface area (Å²) in [6.45, 7) is 4.55. The first-order valence-corrected chi connectivity index (χ1v) is 15.6. The highest BCUT2D eigenvalue weighted by molar-refractivity contribution is 5.69. The average molecular weight is 479 g/mol. The van der Waals surface area contributed by atoms with Crippen LogP contribution in [-0.2, 0) is 4.79 Å². The molecule has 0 radical (unpaired) electrons. The van der Waals surface area contributed by atoms with Crippen molar-refractivity contribution in [2.75, 3.05) is 0 Å². The number of carboxylic acids is 1. The minimum atomic E-state index is -0.569. The minimum Gasteiger partial charge on any atom is -0.481 e. The zero-order valence-electron chi connectivity index (χ0n) is 23.5. The van der Waals surface area contributed by atoms with Gasteiger partial charge in [-0.15, -0.1) is 0 Å². The van der Waals surface area contributed by atoms with E-state index in [1.807, 2.05) is 0 Å². The summed E-state index contributed by atoms with van der Waals surface area (Å²) in [4.78, 5) is 11.6. The second-order valence-electron chi connectivity index (χ2n) is 10.7. The smallest absolute Gasteiger partial charge is 0.306 e. The Hall–Kier alpha value is -0.790.